The molecule has 0 aliphatic carbocycles. The van der Waals surface area contributed by atoms with Crippen molar-refractivity contribution in [2.75, 3.05) is 4.90 Å². The lowest BCUT2D eigenvalue weighted by Gasteiger charge is -2.47. The number of hydrogen-bond acceptors (Lipinski definition) is 6. The Morgan fingerprint density at radius 1 is 1.02 bits per heavy atom. The third-order valence-corrected chi connectivity index (χ3v) is 8.02. The second kappa shape index (κ2) is 13.5. The Balaban J connectivity index is 1.71. The molecule has 43 heavy (non-hydrogen) atoms. The van der Waals surface area contributed by atoms with E-state index in [1.165, 1.54) is 0 Å². The smallest absolute Gasteiger partial charge is 0.416 e. The minimum absolute atomic E-state index is 0.00678. The first-order valence-electron chi connectivity index (χ1n) is 14.8. The molecule has 0 spiro atoms. The van der Waals surface area contributed by atoms with Crippen LogP contribution in [-0.4, -0.2) is 55.0 Å². The monoisotopic (exact) mass is 620 g/mol. The van der Waals surface area contributed by atoms with Gasteiger partial charge in [-0.25, -0.2) is 14.8 Å². The summed E-state index contributed by atoms with van der Waals surface area (Å²) >= 11 is 6.15. The molecule has 3 heterocycles. The molecule has 1 amide bonds. The Morgan fingerprint density at radius 2 is 1.65 bits per heavy atom. The summed E-state index contributed by atoms with van der Waals surface area (Å²) in [5, 5.41) is 4.40. The van der Waals surface area contributed by atoms with Crippen molar-refractivity contribution in [3.63, 3.8) is 0 Å². The molecule has 3 atom stereocenters. The number of alkyl halides is 3. The molecule has 1 aromatic carbocycles. The second-order valence-electron chi connectivity index (χ2n) is 11.6. The normalized spacial score (nSPS) is 19.3. The van der Waals surface area contributed by atoms with Crippen molar-refractivity contribution < 1.29 is 22.7 Å². The van der Waals surface area contributed by atoms with Gasteiger partial charge in [-0.15, -0.1) is 0 Å². The standard InChI is InChI=1S/C31H40ClF3N6O2/c1-7-26-12-28(13-27(8-2)41(26)30(42)43-20(5)6)39(17-21-9-24(31(33,34)35)11-25(32)10-21)29-36-14-22(15-37-29)23-16-38-40(18-23)19(3)4/h9-11,14-16,18-20,26-28H,7-8,12-13,17H2,1-6H3/t26-,27+,28-. The largest absolute Gasteiger partial charge is 0.447 e. The highest BCUT2D eigenvalue weighted by atomic mass is 35.5. The van der Waals surface area contributed by atoms with E-state index < -0.39 is 11.7 Å². The Hall–Kier alpha value is -3.34. The first-order valence-corrected chi connectivity index (χ1v) is 15.2. The van der Waals surface area contributed by atoms with Crippen LogP contribution in [0.4, 0.5) is 23.9 Å². The van der Waals surface area contributed by atoms with E-state index in [4.69, 9.17) is 16.3 Å². The number of nitrogens with zero attached hydrogens (tertiary/aromatic N) is 6. The fourth-order valence-corrected chi connectivity index (χ4v) is 5.90. The highest BCUT2D eigenvalue weighted by Crippen LogP contribution is 2.36. The first-order chi connectivity index (χ1) is 20.3. The van der Waals surface area contributed by atoms with Crippen LogP contribution in [0.5, 0.6) is 0 Å². The van der Waals surface area contributed by atoms with E-state index in [1.807, 2.05) is 62.2 Å². The molecule has 0 N–H and O–H groups in total. The average Bonchev–Trinajstić information content (AvgIpc) is 3.45. The van der Waals surface area contributed by atoms with Gasteiger partial charge in [0.05, 0.1) is 17.9 Å². The van der Waals surface area contributed by atoms with E-state index in [-0.39, 0.29) is 47.9 Å². The van der Waals surface area contributed by atoms with Crippen molar-refractivity contribution in [2.24, 2.45) is 0 Å². The number of likely N-dealkylation sites (tertiary alicyclic amines) is 1. The van der Waals surface area contributed by atoms with Gasteiger partial charge in [-0.05, 0) is 77.1 Å². The van der Waals surface area contributed by atoms with Gasteiger partial charge in [0, 0.05) is 65.5 Å². The predicted octanol–water partition coefficient (Wildman–Crippen LogP) is 8.17. The molecule has 3 aromatic rings. The number of amides is 1. The van der Waals surface area contributed by atoms with Crippen LogP contribution < -0.4 is 4.90 Å². The SMILES string of the molecule is CC[C@@H]1C[C@@H](N(Cc2cc(Cl)cc(C(F)(F)F)c2)c2ncc(-c3cnn(C(C)C)c3)cn2)C[C@H](CC)N1C(=O)OC(C)C. The average molecular weight is 621 g/mol. The lowest BCUT2D eigenvalue weighted by atomic mass is 9.87. The van der Waals surface area contributed by atoms with Gasteiger partial charge in [0.1, 0.15) is 0 Å². The Morgan fingerprint density at radius 3 is 2.16 bits per heavy atom. The van der Waals surface area contributed by atoms with Gasteiger partial charge in [-0.2, -0.15) is 18.3 Å². The van der Waals surface area contributed by atoms with Gasteiger partial charge in [-0.1, -0.05) is 25.4 Å². The van der Waals surface area contributed by atoms with Crippen LogP contribution in [0.3, 0.4) is 0 Å². The quantitative estimate of drug-likeness (QED) is 0.240. The summed E-state index contributed by atoms with van der Waals surface area (Å²) in [7, 11) is 0. The number of carbonyl (C=O) groups excluding carboxylic acids is 1. The van der Waals surface area contributed by atoms with Gasteiger partial charge in [0.2, 0.25) is 5.95 Å². The molecule has 1 saturated heterocycles. The Labute approximate surface area is 256 Å². The summed E-state index contributed by atoms with van der Waals surface area (Å²) in [6.07, 6.45) is 4.53. The van der Waals surface area contributed by atoms with Gasteiger partial charge in [0.25, 0.3) is 0 Å². The molecule has 0 radical (unpaired) electrons. The molecule has 1 aliphatic rings. The molecule has 2 aromatic heterocycles. The van der Waals surface area contributed by atoms with E-state index >= 15 is 0 Å². The molecule has 1 fully saturated rings. The minimum atomic E-state index is -4.54. The molecular weight excluding hydrogens is 581 g/mol. The first kappa shape index (κ1) is 32.6. The van der Waals surface area contributed by atoms with Crippen LogP contribution in [0.1, 0.15) is 84.4 Å². The number of carbonyl (C=O) groups is 1. The van der Waals surface area contributed by atoms with Gasteiger partial charge in [0.15, 0.2) is 0 Å². The number of rotatable bonds is 9. The van der Waals surface area contributed by atoms with Crippen LogP contribution in [0.25, 0.3) is 11.1 Å². The second-order valence-corrected chi connectivity index (χ2v) is 12.1. The molecule has 4 rings (SSSR count). The molecule has 8 nitrogen and oxygen atoms in total. The molecule has 0 saturated carbocycles. The number of hydrogen-bond donors (Lipinski definition) is 0. The highest BCUT2D eigenvalue weighted by molar-refractivity contribution is 6.30. The highest BCUT2D eigenvalue weighted by Gasteiger charge is 2.41. The summed E-state index contributed by atoms with van der Waals surface area (Å²) in [5.41, 5.74) is 1.23. The maximum absolute atomic E-state index is 13.7. The van der Waals surface area contributed by atoms with Crippen molar-refractivity contribution in [1.82, 2.24) is 24.6 Å². The van der Waals surface area contributed by atoms with E-state index in [0.717, 1.165) is 23.3 Å². The molecule has 12 heteroatoms. The third-order valence-electron chi connectivity index (χ3n) is 7.80. The van der Waals surface area contributed by atoms with Gasteiger partial charge >= 0.3 is 12.3 Å². The van der Waals surface area contributed by atoms with Crippen molar-refractivity contribution in [3.05, 3.63) is 59.1 Å². The zero-order valence-corrected chi connectivity index (χ0v) is 26.2. The van der Waals surface area contributed by atoms with Gasteiger partial charge < -0.3 is 14.5 Å². The predicted molar refractivity (Wildman–Crippen MR) is 161 cm³/mol. The fourth-order valence-electron chi connectivity index (χ4n) is 5.64. The van der Waals surface area contributed by atoms with Crippen LogP contribution >= 0.6 is 11.6 Å². The van der Waals surface area contributed by atoms with E-state index in [1.54, 1.807) is 24.7 Å². The lowest BCUT2D eigenvalue weighted by Crippen LogP contribution is -2.57. The summed E-state index contributed by atoms with van der Waals surface area (Å²) in [5.74, 6) is 0.390. The van der Waals surface area contributed by atoms with Crippen molar-refractivity contribution >= 4 is 23.6 Å². The summed E-state index contributed by atoms with van der Waals surface area (Å²) in [6.45, 7) is 11.9. The molecule has 1 aliphatic heterocycles. The minimum Gasteiger partial charge on any atom is -0.447 e. The van der Waals surface area contributed by atoms with Crippen LogP contribution in [-0.2, 0) is 17.5 Å². The Kier molecular flexibility index (Phi) is 10.2. The summed E-state index contributed by atoms with van der Waals surface area (Å²) in [4.78, 5) is 26.3. The molecule has 0 unspecified atom stereocenters. The number of benzene rings is 1. The summed E-state index contributed by atoms with van der Waals surface area (Å²) in [6, 6.07) is 3.40. The molecular formula is C31H40ClF3N6O2. The maximum Gasteiger partial charge on any atom is 0.416 e. The van der Waals surface area contributed by atoms with Crippen molar-refractivity contribution in [3.8, 4) is 11.1 Å². The van der Waals surface area contributed by atoms with E-state index in [2.05, 4.69) is 15.1 Å². The topological polar surface area (TPSA) is 76.4 Å². The molecule has 0 bridgehead atoms. The molecule has 234 valence electrons. The number of halogens is 4. The Bertz CT molecular complexity index is 1360. The number of ether oxygens (including phenoxy) is 1. The zero-order valence-electron chi connectivity index (χ0n) is 25.5. The number of anilines is 1. The fraction of sp³-hybridized carbons (Fsp3) is 0.548. The lowest BCUT2D eigenvalue weighted by molar-refractivity contribution is -0.137. The van der Waals surface area contributed by atoms with Crippen LogP contribution in [0, 0.1) is 0 Å². The number of piperidine rings is 1. The zero-order chi connectivity index (χ0) is 31.5. The van der Waals surface area contributed by atoms with Crippen LogP contribution in [0.15, 0.2) is 43.0 Å². The van der Waals surface area contributed by atoms with Crippen molar-refractivity contribution in [2.45, 2.75) is 110 Å². The maximum atomic E-state index is 13.7. The van der Waals surface area contributed by atoms with E-state index in [9.17, 15) is 18.0 Å². The van der Waals surface area contributed by atoms with Gasteiger partial charge in [-0.3, -0.25) is 4.68 Å². The summed E-state index contributed by atoms with van der Waals surface area (Å²) < 4.78 is 48.4. The van der Waals surface area contributed by atoms with E-state index in [0.29, 0.717) is 37.2 Å². The van der Waals surface area contributed by atoms with Crippen molar-refractivity contribution in [1.29, 1.82) is 0 Å². The van der Waals surface area contributed by atoms with Crippen LogP contribution in [0.2, 0.25) is 5.02 Å². The number of aromatic nitrogens is 4. The third kappa shape index (κ3) is 7.79.